The van der Waals surface area contributed by atoms with Crippen LogP contribution in [0, 0.1) is 0 Å². The minimum absolute atomic E-state index is 0.0361. The van der Waals surface area contributed by atoms with Crippen LogP contribution in [0.5, 0.6) is 0 Å². The Bertz CT molecular complexity index is 658. The summed E-state index contributed by atoms with van der Waals surface area (Å²) in [5, 5.41) is 9.34. The molecule has 0 spiro atoms. The summed E-state index contributed by atoms with van der Waals surface area (Å²) in [5.41, 5.74) is 0.941. The molecule has 0 unspecified atom stereocenters. The molecule has 0 amide bonds. The van der Waals surface area contributed by atoms with E-state index in [1.165, 1.54) is 6.20 Å². The maximum Gasteiger partial charge on any atom is 0.252 e. The van der Waals surface area contributed by atoms with Crippen LogP contribution in [0.3, 0.4) is 0 Å². The van der Waals surface area contributed by atoms with Crippen LogP contribution < -0.4 is 4.72 Å². The van der Waals surface area contributed by atoms with E-state index < -0.39 is 16.1 Å². The van der Waals surface area contributed by atoms with Crippen molar-refractivity contribution in [2.24, 2.45) is 0 Å². The van der Waals surface area contributed by atoms with Crippen LogP contribution in [0.4, 0.5) is 0 Å². The van der Waals surface area contributed by atoms with Gasteiger partial charge in [0.25, 0.3) is 10.0 Å². The van der Waals surface area contributed by atoms with E-state index in [9.17, 15) is 13.5 Å². The maximum atomic E-state index is 12.1. The Morgan fingerprint density at radius 2 is 2.05 bits per heavy atom. The lowest BCUT2D eigenvalue weighted by Gasteiger charge is -2.15. The number of hydrogen-bond acceptors (Lipinski definition) is 5. The van der Waals surface area contributed by atoms with Gasteiger partial charge in [-0.15, -0.1) is 0 Å². The Balaban J connectivity index is 2.10. The molecule has 108 valence electrons. The SMILES string of the molecule is O=S(=O)(N[C@@H](CO)Cc1ccccc1)c1cnc(Cl)s1. The van der Waals surface area contributed by atoms with E-state index in [4.69, 9.17) is 11.6 Å². The number of nitrogens with one attached hydrogen (secondary N) is 1. The van der Waals surface area contributed by atoms with Gasteiger partial charge in [-0.1, -0.05) is 53.3 Å². The van der Waals surface area contributed by atoms with Crippen LogP contribution in [-0.4, -0.2) is 31.2 Å². The summed E-state index contributed by atoms with van der Waals surface area (Å²) in [5.74, 6) is 0. The smallest absolute Gasteiger partial charge is 0.252 e. The van der Waals surface area contributed by atoms with Crippen LogP contribution >= 0.6 is 22.9 Å². The number of benzene rings is 1. The van der Waals surface area contributed by atoms with Crippen molar-refractivity contribution < 1.29 is 13.5 Å². The second-order valence-electron chi connectivity index (χ2n) is 4.12. The number of aliphatic hydroxyl groups is 1. The number of aromatic nitrogens is 1. The molecule has 0 radical (unpaired) electrons. The first kappa shape index (κ1) is 15.4. The van der Waals surface area contributed by atoms with E-state index in [0.29, 0.717) is 6.42 Å². The van der Waals surface area contributed by atoms with Gasteiger partial charge in [0.05, 0.1) is 12.8 Å². The molecule has 1 atom stereocenters. The third kappa shape index (κ3) is 4.00. The average molecular weight is 333 g/mol. The molecule has 0 saturated heterocycles. The monoisotopic (exact) mass is 332 g/mol. The van der Waals surface area contributed by atoms with Crippen LogP contribution in [0.2, 0.25) is 4.47 Å². The molecular weight excluding hydrogens is 320 g/mol. The van der Waals surface area contributed by atoms with Gasteiger partial charge in [-0.25, -0.2) is 18.1 Å². The van der Waals surface area contributed by atoms with Crippen LogP contribution in [0.25, 0.3) is 0 Å². The van der Waals surface area contributed by atoms with Crippen molar-refractivity contribution in [2.45, 2.75) is 16.7 Å². The molecular formula is C12H13ClN2O3S2. The predicted octanol–water partition coefficient (Wildman–Crippen LogP) is 1.68. The minimum Gasteiger partial charge on any atom is -0.395 e. The molecule has 1 aromatic heterocycles. The number of rotatable bonds is 6. The first-order chi connectivity index (χ1) is 9.51. The first-order valence-electron chi connectivity index (χ1n) is 5.79. The van der Waals surface area contributed by atoms with Crippen LogP contribution in [0.15, 0.2) is 40.7 Å². The van der Waals surface area contributed by atoms with E-state index in [-0.39, 0.29) is 15.3 Å². The largest absolute Gasteiger partial charge is 0.395 e. The number of nitrogens with zero attached hydrogens (tertiary/aromatic N) is 1. The number of thiazole rings is 1. The lowest BCUT2D eigenvalue weighted by atomic mass is 10.1. The summed E-state index contributed by atoms with van der Waals surface area (Å²) in [7, 11) is -3.71. The van der Waals surface area contributed by atoms with E-state index in [2.05, 4.69) is 9.71 Å². The highest BCUT2D eigenvalue weighted by molar-refractivity contribution is 7.91. The highest BCUT2D eigenvalue weighted by atomic mass is 35.5. The normalized spacial score (nSPS) is 13.3. The molecule has 0 aliphatic heterocycles. The third-order valence-electron chi connectivity index (χ3n) is 2.59. The summed E-state index contributed by atoms with van der Waals surface area (Å²) < 4.78 is 26.8. The fraction of sp³-hybridized carbons (Fsp3) is 0.250. The standard InChI is InChI=1S/C12H13ClN2O3S2/c13-12-14-7-11(19-12)20(17,18)15-10(8-16)6-9-4-2-1-3-5-9/h1-5,7,10,15-16H,6,8H2/t10-/m1/s1. The van der Waals surface area contributed by atoms with Gasteiger partial charge in [0.15, 0.2) is 8.68 Å². The highest BCUT2D eigenvalue weighted by Gasteiger charge is 2.22. The van der Waals surface area contributed by atoms with Gasteiger partial charge in [0.1, 0.15) is 0 Å². The van der Waals surface area contributed by atoms with Gasteiger partial charge in [-0.3, -0.25) is 0 Å². The third-order valence-corrected chi connectivity index (χ3v) is 5.68. The molecule has 1 heterocycles. The van der Waals surface area contributed by atoms with Crippen molar-refractivity contribution in [3.63, 3.8) is 0 Å². The van der Waals surface area contributed by atoms with E-state index in [0.717, 1.165) is 16.9 Å². The average Bonchev–Trinajstić information content (AvgIpc) is 2.86. The zero-order valence-electron chi connectivity index (χ0n) is 10.4. The van der Waals surface area contributed by atoms with Gasteiger partial charge in [0, 0.05) is 6.04 Å². The second-order valence-corrected chi connectivity index (χ2v) is 7.68. The molecule has 2 rings (SSSR count). The van der Waals surface area contributed by atoms with Crippen LogP contribution in [-0.2, 0) is 16.4 Å². The maximum absolute atomic E-state index is 12.1. The summed E-state index contributed by atoms with van der Waals surface area (Å²) in [4.78, 5) is 3.70. The molecule has 1 aromatic carbocycles. The number of hydrogen-bond donors (Lipinski definition) is 2. The van der Waals surface area contributed by atoms with Crippen molar-refractivity contribution in [3.05, 3.63) is 46.6 Å². The Hall–Kier alpha value is -0.990. The second kappa shape index (κ2) is 6.64. The lowest BCUT2D eigenvalue weighted by molar-refractivity contribution is 0.256. The number of halogens is 1. The molecule has 2 aromatic rings. The zero-order valence-corrected chi connectivity index (χ0v) is 12.7. The first-order valence-corrected chi connectivity index (χ1v) is 8.47. The molecule has 0 aliphatic carbocycles. The summed E-state index contributed by atoms with van der Waals surface area (Å²) in [6, 6.07) is 8.76. The molecule has 0 bridgehead atoms. The predicted molar refractivity (Wildman–Crippen MR) is 78.5 cm³/mol. The molecule has 0 fully saturated rings. The van der Waals surface area contributed by atoms with Crippen molar-refractivity contribution in [2.75, 3.05) is 6.61 Å². The molecule has 20 heavy (non-hydrogen) atoms. The van der Waals surface area contributed by atoms with E-state index in [1.54, 1.807) is 0 Å². The Kier molecular flexibility index (Phi) is 5.11. The molecule has 5 nitrogen and oxygen atoms in total. The van der Waals surface area contributed by atoms with Gasteiger partial charge < -0.3 is 5.11 Å². The van der Waals surface area contributed by atoms with Gasteiger partial charge in [0.2, 0.25) is 0 Å². The fourth-order valence-electron chi connectivity index (χ4n) is 1.68. The number of aliphatic hydroxyl groups excluding tert-OH is 1. The summed E-state index contributed by atoms with van der Waals surface area (Å²) in [6.07, 6.45) is 1.61. The Morgan fingerprint density at radius 1 is 1.35 bits per heavy atom. The van der Waals surface area contributed by atoms with Crippen molar-refractivity contribution in [3.8, 4) is 0 Å². The number of sulfonamides is 1. The van der Waals surface area contributed by atoms with E-state index >= 15 is 0 Å². The van der Waals surface area contributed by atoms with Crippen LogP contribution in [0.1, 0.15) is 5.56 Å². The van der Waals surface area contributed by atoms with Crippen molar-refractivity contribution >= 4 is 33.0 Å². The summed E-state index contributed by atoms with van der Waals surface area (Å²) in [6.45, 7) is -0.291. The Morgan fingerprint density at radius 3 is 2.60 bits per heavy atom. The van der Waals surface area contributed by atoms with Gasteiger partial charge in [-0.2, -0.15) is 0 Å². The van der Waals surface area contributed by atoms with Gasteiger partial charge in [-0.05, 0) is 12.0 Å². The highest BCUT2D eigenvalue weighted by Crippen LogP contribution is 2.22. The lowest BCUT2D eigenvalue weighted by Crippen LogP contribution is -2.38. The van der Waals surface area contributed by atoms with Crippen molar-refractivity contribution in [1.29, 1.82) is 0 Å². The quantitative estimate of drug-likeness (QED) is 0.843. The fourth-order valence-corrected chi connectivity index (χ4v) is 4.22. The zero-order chi connectivity index (χ0) is 14.6. The molecule has 8 heteroatoms. The Labute approximate surface area is 126 Å². The van der Waals surface area contributed by atoms with Crippen molar-refractivity contribution in [1.82, 2.24) is 9.71 Å². The minimum atomic E-state index is -3.71. The van der Waals surface area contributed by atoms with Gasteiger partial charge >= 0.3 is 0 Å². The topological polar surface area (TPSA) is 79.3 Å². The van der Waals surface area contributed by atoms with E-state index in [1.807, 2.05) is 30.3 Å². The molecule has 2 N–H and O–H groups in total. The molecule has 0 saturated carbocycles. The molecule has 0 aliphatic rings. The summed E-state index contributed by atoms with van der Waals surface area (Å²) >= 11 is 6.51.